The first kappa shape index (κ1) is 25.3. The Hall–Kier alpha value is -5.31. The number of carbonyl (C=O) groups excluding carboxylic acids is 3. The van der Waals surface area contributed by atoms with Gasteiger partial charge in [0, 0.05) is 6.07 Å². The second kappa shape index (κ2) is 10.2. The topological polar surface area (TPSA) is 122 Å². The van der Waals surface area contributed by atoms with E-state index in [1.165, 1.54) is 12.1 Å². The van der Waals surface area contributed by atoms with Crippen LogP contribution in [0, 0.1) is 17.0 Å². The fourth-order valence-corrected chi connectivity index (χ4v) is 4.87. The number of hydrogen-bond donors (Lipinski definition) is 2. The van der Waals surface area contributed by atoms with Crippen LogP contribution in [0.1, 0.15) is 28.3 Å². The molecular formula is C30H24N4O5. The van der Waals surface area contributed by atoms with E-state index in [1.807, 2.05) is 0 Å². The third-order valence-electron chi connectivity index (χ3n) is 6.70. The van der Waals surface area contributed by atoms with Crippen LogP contribution in [-0.2, 0) is 15.1 Å². The predicted octanol–water partition coefficient (Wildman–Crippen LogP) is 5.08. The zero-order valence-corrected chi connectivity index (χ0v) is 20.9. The lowest BCUT2D eigenvalue weighted by atomic mass is 9.82. The van der Waals surface area contributed by atoms with Crippen LogP contribution >= 0.6 is 0 Å². The molecule has 0 saturated carbocycles. The van der Waals surface area contributed by atoms with Crippen LogP contribution in [0.3, 0.4) is 0 Å². The average molecular weight is 521 g/mol. The number of urea groups is 1. The van der Waals surface area contributed by atoms with Crippen molar-refractivity contribution in [3.63, 3.8) is 0 Å². The molecule has 1 atom stereocenters. The zero-order chi connectivity index (χ0) is 27.6. The standard InChI is InChI=1S/C30H24N4O5/c1-20-17-18-24(25(19-20)34(38)39)31-27(35)26(21-11-5-2-6-12-21)33-28(36)30(32-29(33)37,22-13-7-3-8-14-22)23-15-9-4-10-16-23/h2-19,26H,1H3,(H,31,35)(H,32,37)/t26-/m0/s1. The summed E-state index contributed by atoms with van der Waals surface area (Å²) >= 11 is 0. The highest BCUT2D eigenvalue weighted by Gasteiger charge is 2.57. The second-order valence-corrected chi connectivity index (χ2v) is 9.17. The molecule has 4 amide bonds. The van der Waals surface area contributed by atoms with E-state index in [1.54, 1.807) is 104 Å². The molecule has 9 nitrogen and oxygen atoms in total. The van der Waals surface area contributed by atoms with Gasteiger partial charge in [0.2, 0.25) is 0 Å². The van der Waals surface area contributed by atoms with Gasteiger partial charge in [-0.05, 0) is 35.2 Å². The molecule has 194 valence electrons. The lowest BCUT2D eigenvalue weighted by Crippen LogP contribution is -2.46. The highest BCUT2D eigenvalue weighted by atomic mass is 16.6. The first-order valence-electron chi connectivity index (χ1n) is 12.2. The smallest absolute Gasteiger partial charge is 0.318 e. The number of benzene rings is 4. The third-order valence-corrected chi connectivity index (χ3v) is 6.70. The molecule has 1 aliphatic rings. The van der Waals surface area contributed by atoms with Gasteiger partial charge in [0.15, 0.2) is 5.54 Å². The Bertz CT molecular complexity index is 1520. The van der Waals surface area contributed by atoms with Crippen molar-refractivity contribution >= 4 is 29.2 Å². The number of anilines is 1. The molecule has 5 rings (SSSR count). The molecule has 0 radical (unpaired) electrons. The predicted molar refractivity (Wildman–Crippen MR) is 145 cm³/mol. The molecule has 1 fully saturated rings. The van der Waals surface area contributed by atoms with Gasteiger partial charge in [-0.15, -0.1) is 0 Å². The maximum absolute atomic E-state index is 14.4. The van der Waals surface area contributed by atoms with E-state index >= 15 is 0 Å². The SMILES string of the molecule is Cc1ccc(NC(=O)[C@H](c2ccccc2)N2C(=O)NC(c3ccccc3)(c3ccccc3)C2=O)c([N+](=O)[O-])c1. The van der Waals surface area contributed by atoms with Crippen molar-refractivity contribution in [2.45, 2.75) is 18.5 Å². The maximum Gasteiger partial charge on any atom is 0.326 e. The minimum absolute atomic E-state index is 0.0408. The Morgan fingerprint density at radius 3 is 1.95 bits per heavy atom. The summed E-state index contributed by atoms with van der Waals surface area (Å²) in [5.74, 6) is -1.42. The Kier molecular flexibility index (Phi) is 6.64. The molecule has 0 spiro atoms. The summed E-state index contributed by atoms with van der Waals surface area (Å²) in [4.78, 5) is 53.8. The Morgan fingerprint density at radius 1 is 0.872 bits per heavy atom. The van der Waals surface area contributed by atoms with Gasteiger partial charge in [-0.1, -0.05) is 97.1 Å². The molecule has 0 aliphatic carbocycles. The van der Waals surface area contributed by atoms with Crippen molar-refractivity contribution in [1.29, 1.82) is 0 Å². The van der Waals surface area contributed by atoms with Crippen molar-refractivity contribution in [2.75, 3.05) is 5.32 Å². The molecular weight excluding hydrogens is 496 g/mol. The van der Waals surface area contributed by atoms with Gasteiger partial charge >= 0.3 is 6.03 Å². The molecule has 2 N–H and O–H groups in total. The first-order valence-corrected chi connectivity index (χ1v) is 12.2. The monoisotopic (exact) mass is 520 g/mol. The number of nitro groups is 1. The minimum Gasteiger partial charge on any atom is -0.318 e. The first-order chi connectivity index (χ1) is 18.8. The highest BCUT2D eigenvalue weighted by molar-refractivity contribution is 6.13. The van der Waals surface area contributed by atoms with Gasteiger partial charge in [0.05, 0.1) is 4.92 Å². The maximum atomic E-state index is 14.4. The van der Waals surface area contributed by atoms with Crippen LogP contribution in [0.4, 0.5) is 16.2 Å². The highest BCUT2D eigenvalue weighted by Crippen LogP contribution is 2.40. The summed E-state index contributed by atoms with van der Waals surface area (Å²) in [6, 6.07) is 28.2. The van der Waals surface area contributed by atoms with Crippen molar-refractivity contribution in [3.05, 3.63) is 142 Å². The van der Waals surface area contributed by atoms with Gasteiger partial charge < -0.3 is 10.6 Å². The van der Waals surface area contributed by atoms with E-state index in [0.717, 1.165) is 4.90 Å². The summed E-state index contributed by atoms with van der Waals surface area (Å²) < 4.78 is 0. The number of amides is 4. The number of nitrogens with one attached hydrogen (secondary N) is 2. The van der Waals surface area contributed by atoms with E-state index in [0.29, 0.717) is 22.3 Å². The van der Waals surface area contributed by atoms with Crippen LogP contribution < -0.4 is 10.6 Å². The van der Waals surface area contributed by atoms with Crippen LogP contribution in [0.25, 0.3) is 0 Å². The van der Waals surface area contributed by atoms with Gasteiger partial charge in [0.1, 0.15) is 11.7 Å². The number of hydrogen-bond acceptors (Lipinski definition) is 5. The number of rotatable bonds is 7. The van der Waals surface area contributed by atoms with Crippen LogP contribution in [0.5, 0.6) is 0 Å². The molecule has 39 heavy (non-hydrogen) atoms. The fraction of sp³-hybridized carbons (Fsp3) is 0.100. The molecule has 1 heterocycles. The van der Waals surface area contributed by atoms with E-state index in [2.05, 4.69) is 10.6 Å². The van der Waals surface area contributed by atoms with Gasteiger partial charge in [-0.2, -0.15) is 0 Å². The van der Waals surface area contributed by atoms with Crippen LogP contribution in [-0.4, -0.2) is 27.7 Å². The molecule has 0 unspecified atom stereocenters. The normalized spacial score (nSPS) is 14.9. The number of imide groups is 1. The summed E-state index contributed by atoms with van der Waals surface area (Å²) in [5, 5.41) is 17.1. The minimum atomic E-state index is -1.58. The summed E-state index contributed by atoms with van der Waals surface area (Å²) in [6.45, 7) is 1.70. The summed E-state index contributed by atoms with van der Waals surface area (Å²) in [6.07, 6.45) is 0. The number of aryl methyl sites for hydroxylation is 1. The van der Waals surface area contributed by atoms with Crippen LogP contribution in [0.15, 0.2) is 109 Å². The second-order valence-electron chi connectivity index (χ2n) is 9.17. The number of nitrogens with zero attached hydrogens (tertiary/aromatic N) is 2. The quantitative estimate of drug-likeness (QED) is 0.200. The third kappa shape index (κ3) is 4.50. The lowest BCUT2D eigenvalue weighted by Gasteiger charge is -2.30. The molecule has 0 bridgehead atoms. The van der Waals surface area contributed by atoms with E-state index in [9.17, 15) is 24.5 Å². The lowest BCUT2D eigenvalue weighted by molar-refractivity contribution is -0.384. The zero-order valence-electron chi connectivity index (χ0n) is 20.9. The summed E-state index contributed by atoms with van der Waals surface area (Å²) in [5.41, 5.74) is 0.144. The summed E-state index contributed by atoms with van der Waals surface area (Å²) in [7, 11) is 0. The van der Waals surface area contributed by atoms with Crippen molar-refractivity contribution in [2.24, 2.45) is 0 Å². The molecule has 4 aromatic carbocycles. The fourth-order valence-electron chi connectivity index (χ4n) is 4.87. The Morgan fingerprint density at radius 2 is 1.41 bits per heavy atom. The molecule has 0 aromatic heterocycles. The molecule has 1 aliphatic heterocycles. The number of nitro benzene ring substituents is 1. The molecule has 1 saturated heterocycles. The molecule has 9 heteroatoms. The Labute approximate surface area is 224 Å². The van der Waals surface area contributed by atoms with Crippen molar-refractivity contribution in [3.8, 4) is 0 Å². The van der Waals surface area contributed by atoms with Gasteiger partial charge in [-0.3, -0.25) is 19.7 Å². The Balaban J connectivity index is 1.62. The largest absolute Gasteiger partial charge is 0.326 e. The van der Waals surface area contributed by atoms with Gasteiger partial charge in [0.25, 0.3) is 17.5 Å². The van der Waals surface area contributed by atoms with E-state index < -0.39 is 34.3 Å². The van der Waals surface area contributed by atoms with E-state index in [4.69, 9.17) is 0 Å². The van der Waals surface area contributed by atoms with E-state index in [-0.39, 0.29) is 11.4 Å². The average Bonchev–Trinajstić information content (AvgIpc) is 3.22. The van der Waals surface area contributed by atoms with Crippen molar-refractivity contribution < 1.29 is 19.3 Å². The molecule has 4 aromatic rings. The van der Waals surface area contributed by atoms with Gasteiger partial charge in [-0.25, -0.2) is 9.69 Å². The van der Waals surface area contributed by atoms with Crippen LogP contribution in [0.2, 0.25) is 0 Å². The number of carbonyl (C=O) groups is 3. The van der Waals surface area contributed by atoms with Crippen molar-refractivity contribution in [1.82, 2.24) is 10.2 Å².